The van der Waals surface area contributed by atoms with Crippen molar-refractivity contribution in [2.24, 2.45) is 5.92 Å². The number of hydrogen-bond donors (Lipinski definition) is 1. The Morgan fingerprint density at radius 3 is 2.89 bits per heavy atom. The van der Waals surface area contributed by atoms with Crippen molar-refractivity contribution in [3.8, 4) is 0 Å². The molecule has 2 heterocycles. The van der Waals surface area contributed by atoms with E-state index in [1.165, 1.54) is 0 Å². The van der Waals surface area contributed by atoms with Gasteiger partial charge in [0.05, 0.1) is 25.3 Å². The summed E-state index contributed by atoms with van der Waals surface area (Å²) in [6, 6.07) is 0. The van der Waals surface area contributed by atoms with Crippen molar-refractivity contribution < 1.29 is 23.8 Å². The van der Waals surface area contributed by atoms with E-state index >= 15 is 0 Å². The number of carbonyl (C=O) groups is 2. The Morgan fingerprint density at radius 2 is 2.14 bits per heavy atom. The Labute approximate surface area is 166 Å². The molecule has 0 radical (unpaired) electrons. The molecular formula is C20H33N3O5. The van der Waals surface area contributed by atoms with Crippen LogP contribution in [0.3, 0.4) is 0 Å². The number of fused-ring (bicyclic) bond motifs is 1. The summed E-state index contributed by atoms with van der Waals surface area (Å²) < 4.78 is 17.6. The molecule has 0 saturated carbocycles. The molecular weight excluding hydrogens is 362 g/mol. The Balaban J connectivity index is 2.10. The standard InChI is InChI=1S/C20H33N3O5/c1-4-23-19-16(7-5-10-27-11-6-9-21-20(19)25)17(22-23)13-15(2)14-28-18(24)8-12-26-3/h15H,4-14H2,1-3H3,(H,21,25)/t15-/m1/s1. The second-order valence-electron chi connectivity index (χ2n) is 7.15. The normalized spacial score (nSPS) is 16.6. The zero-order valence-electron chi connectivity index (χ0n) is 17.3. The van der Waals surface area contributed by atoms with E-state index in [0.717, 1.165) is 30.5 Å². The van der Waals surface area contributed by atoms with Crippen LogP contribution in [0.5, 0.6) is 0 Å². The summed E-state index contributed by atoms with van der Waals surface area (Å²) in [4.78, 5) is 24.4. The van der Waals surface area contributed by atoms with Crippen molar-refractivity contribution in [3.63, 3.8) is 0 Å². The number of rotatable bonds is 8. The minimum Gasteiger partial charge on any atom is -0.465 e. The third kappa shape index (κ3) is 6.60. The number of aromatic nitrogens is 2. The van der Waals surface area contributed by atoms with Gasteiger partial charge >= 0.3 is 5.97 Å². The first-order chi connectivity index (χ1) is 13.6. The van der Waals surface area contributed by atoms with Gasteiger partial charge in [0, 0.05) is 39.0 Å². The van der Waals surface area contributed by atoms with Gasteiger partial charge in [-0.2, -0.15) is 5.10 Å². The summed E-state index contributed by atoms with van der Waals surface area (Å²) in [6.45, 7) is 7.26. The molecule has 0 spiro atoms. The highest BCUT2D eigenvalue weighted by Gasteiger charge is 2.24. The van der Waals surface area contributed by atoms with Crippen LogP contribution < -0.4 is 5.32 Å². The van der Waals surface area contributed by atoms with E-state index in [2.05, 4.69) is 5.32 Å². The molecule has 0 bridgehead atoms. The van der Waals surface area contributed by atoms with Gasteiger partial charge in [-0.1, -0.05) is 6.92 Å². The lowest BCUT2D eigenvalue weighted by atomic mass is 9.99. The molecule has 0 unspecified atom stereocenters. The molecule has 8 nitrogen and oxygen atoms in total. The summed E-state index contributed by atoms with van der Waals surface area (Å²) in [5, 5.41) is 7.68. The van der Waals surface area contributed by atoms with Crippen LogP contribution >= 0.6 is 0 Å². The fourth-order valence-corrected chi connectivity index (χ4v) is 3.25. The van der Waals surface area contributed by atoms with Gasteiger partial charge in [-0.3, -0.25) is 14.3 Å². The Hall–Kier alpha value is -1.93. The van der Waals surface area contributed by atoms with E-state index in [9.17, 15) is 9.59 Å². The molecule has 0 saturated heterocycles. The van der Waals surface area contributed by atoms with Gasteiger partial charge in [-0.15, -0.1) is 0 Å². The number of hydrogen-bond acceptors (Lipinski definition) is 6. The number of ether oxygens (including phenoxy) is 3. The van der Waals surface area contributed by atoms with E-state index < -0.39 is 0 Å². The third-order valence-electron chi connectivity index (χ3n) is 4.70. The Bertz CT molecular complexity index is 644. The van der Waals surface area contributed by atoms with Crippen molar-refractivity contribution in [1.82, 2.24) is 15.1 Å². The topological polar surface area (TPSA) is 91.7 Å². The number of esters is 1. The van der Waals surface area contributed by atoms with Crippen molar-refractivity contribution >= 4 is 11.9 Å². The molecule has 1 N–H and O–H groups in total. The van der Waals surface area contributed by atoms with Gasteiger partial charge in [0.1, 0.15) is 5.69 Å². The highest BCUT2D eigenvalue weighted by molar-refractivity contribution is 5.94. The predicted octanol–water partition coefficient (Wildman–Crippen LogP) is 1.74. The Morgan fingerprint density at radius 1 is 1.36 bits per heavy atom. The lowest BCUT2D eigenvalue weighted by Crippen LogP contribution is -2.28. The molecule has 158 valence electrons. The minimum atomic E-state index is -0.261. The maximum absolute atomic E-state index is 12.7. The Kier molecular flexibility index (Phi) is 9.43. The highest BCUT2D eigenvalue weighted by Crippen LogP contribution is 2.21. The SMILES string of the molecule is CCn1nc(C[C@@H](C)COC(=O)CCOC)c2c1C(=O)NCCCOCCC2. The molecule has 1 aliphatic heterocycles. The van der Waals surface area contributed by atoms with Crippen molar-refractivity contribution in [1.29, 1.82) is 0 Å². The van der Waals surface area contributed by atoms with Crippen LogP contribution in [0.15, 0.2) is 0 Å². The number of amides is 1. The fourth-order valence-electron chi connectivity index (χ4n) is 3.25. The molecule has 1 aromatic heterocycles. The number of carbonyl (C=O) groups excluding carboxylic acids is 2. The molecule has 28 heavy (non-hydrogen) atoms. The van der Waals surface area contributed by atoms with E-state index in [1.54, 1.807) is 11.8 Å². The third-order valence-corrected chi connectivity index (χ3v) is 4.70. The number of nitrogens with zero attached hydrogens (tertiary/aromatic N) is 2. The van der Waals surface area contributed by atoms with Gasteiger partial charge in [-0.25, -0.2) is 0 Å². The lowest BCUT2D eigenvalue weighted by molar-refractivity contribution is -0.145. The van der Waals surface area contributed by atoms with Gasteiger partial charge in [0.2, 0.25) is 0 Å². The molecule has 1 aromatic rings. The van der Waals surface area contributed by atoms with Gasteiger partial charge in [0.15, 0.2) is 0 Å². The van der Waals surface area contributed by atoms with Crippen LogP contribution in [0.2, 0.25) is 0 Å². The van der Waals surface area contributed by atoms with Gasteiger partial charge in [0.25, 0.3) is 5.91 Å². The highest BCUT2D eigenvalue weighted by atomic mass is 16.5. The first kappa shape index (κ1) is 22.4. The molecule has 8 heteroatoms. The molecule has 0 aromatic carbocycles. The molecule has 0 fully saturated rings. The molecule has 0 aliphatic carbocycles. The summed E-state index contributed by atoms with van der Waals surface area (Å²) in [5.41, 5.74) is 2.55. The average molecular weight is 396 g/mol. The molecule has 1 atom stereocenters. The van der Waals surface area contributed by atoms with Crippen molar-refractivity contribution in [2.45, 2.75) is 52.5 Å². The first-order valence-corrected chi connectivity index (χ1v) is 10.2. The van der Waals surface area contributed by atoms with Crippen LogP contribution in [0, 0.1) is 5.92 Å². The summed E-state index contributed by atoms with van der Waals surface area (Å²) in [7, 11) is 1.56. The smallest absolute Gasteiger partial charge is 0.308 e. The molecule has 1 aliphatic rings. The quantitative estimate of drug-likeness (QED) is 0.674. The van der Waals surface area contributed by atoms with Gasteiger partial charge in [-0.05, 0) is 38.5 Å². The van der Waals surface area contributed by atoms with Crippen LogP contribution in [-0.4, -0.2) is 61.7 Å². The number of methoxy groups -OCH3 is 1. The second-order valence-corrected chi connectivity index (χ2v) is 7.15. The maximum atomic E-state index is 12.7. The average Bonchev–Trinajstić information content (AvgIpc) is 3.01. The van der Waals surface area contributed by atoms with E-state index in [0.29, 0.717) is 51.6 Å². The van der Waals surface area contributed by atoms with Crippen molar-refractivity contribution in [3.05, 3.63) is 17.0 Å². The van der Waals surface area contributed by atoms with Crippen molar-refractivity contribution in [2.75, 3.05) is 40.1 Å². The van der Waals surface area contributed by atoms with E-state index in [-0.39, 0.29) is 24.2 Å². The minimum absolute atomic E-state index is 0.0730. The van der Waals surface area contributed by atoms with Crippen LogP contribution in [0.1, 0.15) is 54.9 Å². The van der Waals surface area contributed by atoms with Crippen LogP contribution in [-0.2, 0) is 38.4 Å². The number of nitrogens with one attached hydrogen (secondary N) is 1. The van der Waals surface area contributed by atoms with E-state index in [4.69, 9.17) is 19.3 Å². The van der Waals surface area contributed by atoms with Crippen LogP contribution in [0.4, 0.5) is 0 Å². The second kappa shape index (κ2) is 11.8. The molecule has 2 rings (SSSR count). The first-order valence-electron chi connectivity index (χ1n) is 10.2. The number of aryl methyl sites for hydroxylation is 1. The van der Waals surface area contributed by atoms with Gasteiger partial charge < -0.3 is 19.5 Å². The maximum Gasteiger partial charge on any atom is 0.308 e. The fraction of sp³-hybridized carbons (Fsp3) is 0.750. The molecule has 1 amide bonds. The summed E-state index contributed by atoms with van der Waals surface area (Å²) in [6.07, 6.45) is 3.31. The van der Waals surface area contributed by atoms with E-state index in [1.807, 2.05) is 13.8 Å². The van der Waals surface area contributed by atoms with Crippen LogP contribution in [0.25, 0.3) is 0 Å². The lowest BCUT2D eigenvalue weighted by Gasteiger charge is -2.12. The monoisotopic (exact) mass is 395 g/mol. The largest absolute Gasteiger partial charge is 0.465 e. The predicted molar refractivity (Wildman–Crippen MR) is 104 cm³/mol. The zero-order valence-corrected chi connectivity index (χ0v) is 17.3. The summed E-state index contributed by atoms with van der Waals surface area (Å²) in [5.74, 6) is -0.229. The zero-order chi connectivity index (χ0) is 20.4. The summed E-state index contributed by atoms with van der Waals surface area (Å²) >= 11 is 0.